The van der Waals surface area contributed by atoms with Crippen LogP contribution in [0.25, 0.3) is 0 Å². The van der Waals surface area contributed by atoms with Gasteiger partial charge < -0.3 is 10.0 Å². The lowest BCUT2D eigenvalue weighted by Gasteiger charge is -2.58. The van der Waals surface area contributed by atoms with Gasteiger partial charge in [-0.25, -0.2) is 4.39 Å². The number of fused-ring (bicyclic) bond motifs is 5. The van der Waals surface area contributed by atoms with Crippen molar-refractivity contribution in [3.8, 4) is 11.8 Å². The van der Waals surface area contributed by atoms with Crippen molar-refractivity contribution in [3.05, 3.63) is 41.2 Å². The van der Waals surface area contributed by atoms with E-state index in [-0.39, 0.29) is 34.4 Å². The maximum absolute atomic E-state index is 15.6. The van der Waals surface area contributed by atoms with Crippen LogP contribution in [0.5, 0.6) is 0 Å². The summed E-state index contributed by atoms with van der Waals surface area (Å²) in [5.74, 6) is 8.52. The first-order valence-electron chi connectivity index (χ1n) is 14.8. The van der Waals surface area contributed by atoms with Gasteiger partial charge in [-0.2, -0.15) is 0 Å². The number of carbonyl (C=O) groups is 1. The number of anilines is 1. The van der Waals surface area contributed by atoms with Crippen LogP contribution in [-0.2, 0) is 4.79 Å². The van der Waals surface area contributed by atoms with Gasteiger partial charge in [-0.15, -0.1) is 0 Å². The molecule has 1 N–H and O–H groups in total. The van der Waals surface area contributed by atoms with Gasteiger partial charge in [0, 0.05) is 30.3 Å². The molecule has 3 saturated carbocycles. The lowest BCUT2D eigenvalue weighted by Crippen LogP contribution is -2.54. The van der Waals surface area contributed by atoms with Crippen LogP contribution in [0.4, 0.5) is 10.1 Å². The molecule has 0 radical (unpaired) electrons. The first-order chi connectivity index (χ1) is 17.7. The second-order valence-electron chi connectivity index (χ2n) is 14.3. The molecule has 206 valence electrons. The number of carbonyl (C=O) groups excluding carboxylic acids is 1. The molecular weight excluding hydrogens is 473 g/mol. The summed E-state index contributed by atoms with van der Waals surface area (Å²) < 4.78 is 15.6. The fourth-order valence-electron chi connectivity index (χ4n) is 8.47. The zero-order valence-corrected chi connectivity index (χ0v) is 24.4. The van der Waals surface area contributed by atoms with Crippen molar-refractivity contribution in [3.63, 3.8) is 0 Å². The molecule has 0 unspecified atom stereocenters. The van der Waals surface area contributed by atoms with Gasteiger partial charge in [0.2, 0.25) is 0 Å². The molecule has 7 atom stereocenters. The predicted octanol–water partition coefficient (Wildman–Crippen LogP) is 7.29. The van der Waals surface area contributed by atoms with Crippen molar-refractivity contribution in [2.75, 3.05) is 11.9 Å². The molecule has 4 heteroatoms. The van der Waals surface area contributed by atoms with Crippen LogP contribution in [0.1, 0.15) is 98.0 Å². The normalized spacial score (nSPS) is 36.5. The first kappa shape index (κ1) is 27.4. The highest BCUT2D eigenvalue weighted by atomic mass is 19.1. The number of rotatable bonds is 3. The molecule has 0 spiro atoms. The van der Waals surface area contributed by atoms with Gasteiger partial charge >= 0.3 is 0 Å². The molecule has 0 amide bonds. The molecule has 0 aromatic heterocycles. The molecule has 3 fully saturated rings. The fraction of sp³-hybridized carbons (Fsp3) is 0.676. The number of halogens is 1. The van der Waals surface area contributed by atoms with Gasteiger partial charge in [0.05, 0.1) is 5.69 Å². The molecule has 38 heavy (non-hydrogen) atoms. The number of benzene rings is 1. The molecule has 3 nitrogen and oxygen atoms in total. The Morgan fingerprint density at radius 3 is 2.53 bits per heavy atom. The van der Waals surface area contributed by atoms with Crippen LogP contribution in [0.2, 0.25) is 0 Å². The number of ketones is 1. The molecule has 0 saturated heterocycles. The zero-order valence-electron chi connectivity index (χ0n) is 24.4. The molecule has 0 bridgehead atoms. The van der Waals surface area contributed by atoms with Crippen LogP contribution in [0, 0.1) is 52.2 Å². The fourth-order valence-corrected chi connectivity index (χ4v) is 8.47. The van der Waals surface area contributed by atoms with Gasteiger partial charge in [0.15, 0.2) is 5.78 Å². The molecule has 1 aromatic rings. The zero-order chi connectivity index (χ0) is 27.6. The maximum atomic E-state index is 15.6. The minimum atomic E-state index is -1.04. The van der Waals surface area contributed by atoms with E-state index in [4.69, 9.17) is 0 Å². The van der Waals surface area contributed by atoms with Crippen molar-refractivity contribution in [1.82, 2.24) is 0 Å². The number of hydrogen-bond donors (Lipinski definition) is 1. The van der Waals surface area contributed by atoms with E-state index in [9.17, 15) is 9.90 Å². The summed E-state index contributed by atoms with van der Waals surface area (Å²) >= 11 is 0. The number of hydrogen-bond acceptors (Lipinski definition) is 3. The summed E-state index contributed by atoms with van der Waals surface area (Å²) in [6, 6.07) is 6.04. The number of aliphatic hydroxyl groups is 1. The Kier molecular flexibility index (Phi) is 6.87. The van der Waals surface area contributed by atoms with Crippen molar-refractivity contribution in [2.24, 2.45) is 34.5 Å². The summed E-state index contributed by atoms with van der Waals surface area (Å²) in [6.45, 7) is 12.7. The Morgan fingerprint density at radius 2 is 1.87 bits per heavy atom. The van der Waals surface area contributed by atoms with Gasteiger partial charge in [0.25, 0.3) is 0 Å². The second kappa shape index (κ2) is 9.51. The Balaban J connectivity index is 1.60. The third kappa shape index (κ3) is 4.53. The van der Waals surface area contributed by atoms with Crippen LogP contribution in [-0.4, -0.2) is 29.6 Å². The standard InChI is InChI=1S/C34H46FNO2/c1-21(2)36(7)30-13-9-23(19-29(30)35)27-20-33(6)28(14-15-34(33,38)17-16-32(3,4)5)26-11-8-22-18-24(37)10-12-25(22)31(26)27/h9,13,18-19,21,25-28,31,38H,8,10-12,14-15,20H2,1-7H3/t25-,26-,27+,28-,31+,33-,34+/m0/s1. The largest absolute Gasteiger partial charge is 0.377 e. The summed E-state index contributed by atoms with van der Waals surface area (Å²) in [5.41, 5.74) is 1.40. The Bertz CT molecular complexity index is 1200. The van der Waals surface area contributed by atoms with E-state index >= 15 is 4.39 Å². The average Bonchev–Trinajstić information content (AvgIpc) is 3.11. The van der Waals surface area contributed by atoms with Crippen molar-refractivity contribution >= 4 is 11.5 Å². The van der Waals surface area contributed by atoms with E-state index in [1.165, 1.54) is 5.57 Å². The van der Waals surface area contributed by atoms with Crippen molar-refractivity contribution in [1.29, 1.82) is 0 Å². The van der Waals surface area contributed by atoms with E-state index in [0.29, 0.717) is 42.2 Å². The van der Waals surface area contributed by atoms with Crippen molar-refractivity contribution in [2.45, 2.75) is 104 Å². The van der Waals surface area contributed by atoms with Crippen LogP contribution < -0.4 is 4.90 Å². The highest BCUT2D eigenvalue weighted by Crippen LogP contribution is 2.68. The van der Waals surface area contributed by atoms with E-state index in [1.807, 2.05) is 24.1 Å². The van der Waals surface area contributed by atoms with E-state index in [2.05, 4.69) is 59.4 Å². The Hall–Kier alpha value is -2.12. The Labute approximate surface area is 229 Å². The van der Waals surface area contributed by atoms with Crippen LogP contribution in [0.15, 0.2) is 29.8 Å². The molecule has 4 aliphatic carbocycles. The minimum Gasteiger partial charge on any atom is -0.377 e. The highest BCUT2D eigenvalue weighted by molar-refractivity contribution is 5.91. The molecular formula is C34H46FNO2. The van der Waals surface area contributed by atoms with Gasteiger partial charge in [0.1, 0.15) is 11.4 Å². The predicted molar refractivity (Wildman–Crippen MR) is 152 cm³/mol. The smallest absolute Gasteiger partial charge is 0.155 e. The maximum Gasteiger partial charge on any atom is 0.155 e. The topological polar surface area (TPSA) is 40.5 Å². The average molecular weight is 520 g/mol. The van der Waals surface area contributed by atoms with Gasteiger partial charge in [-0.05, 0) is 127 Å². The molecule has 4 aliphatic rings. The van der Waals surface area contributed by atoms with E-state index in [1.54, 1.807) is 6.07 Å². The Morgan fingerprint density at radius 1 is 1.13 bits per heavy atom. The number of nitrogens with zero attached hydrogens (tertiary/aromatic N) is 1. The summed E-state index contributed by atoms with van der Waals surface area (Å²) in [6.07, 6.45) is 7.92. The van der Waals surface area contributed by atoms with Crippen LogP contribution >= 0.6 is 0 Å². The third-order valence-corrected chi connectivity index (χ3v) is 10.7. The van der Waals surface area contributed by atoms with E-state index < -0.39 is 5.60 Å². The van der Waals surface area contributed by atoms with Crippen LogP contribution in [0.3, 0.4) is 0 Å². The highest BCUT2D eigenvalue weighted by Gasteiger charge is 2.64. The molecule has 1 aromatic carbocycles. The van der Waals surface area contributed by atoms with Gasteiger partial charge in [-0.1, -0.05) is 30.4 Å². The monoisotopic (exact) mass is 519 g/mol. The summed E-state index contributed by atoms with van der Waals surface area (Å²) in [4.78, 5) is 14.3. The second-order valence-corrected chi connectivity index (χ2v) is 14.3. The third-order valence-electron chi connectivity index (χ3n) is 10.7. The quantitative estimate of drug-likeness (QED) is 0.427. The SMILES string of the molecule is CC(C)N(C)c1ccc([C@H]2C[C@@]3(C)[C@@H](CC[C@@]3(O)C#CC(C)(C)C)[C@@H]3CCC4=CC(=O)CC[C@@H]4[C@H]32)cc1F. The molecule has 5 rings (SSSR count). The molecule has 0 aliphatic heterocycles. The van der Waals surface area contributed by atoms with E-state index in [0.717, 1.165) is 37.7 Å². The molecule has 0 heterocycles. The van der Waals surface area contributed by atoms with Gasteiger partial charge in [-0.3, -0.25) is 4.79 Å². The number of allylic oxidation sites excluding steroid dienone is 1. The lowest BCUT2D eigenvalue weighted by atomic mass is 9.46. The lowest BCUT2D eigenvalue weighted by molar-refractivity contribution is -0.117. The van der Waals surface area contributed by atoms with Crippen molar-refractivity contribution < 1.29 is 14.3 Å². The minimum absolute atomic E-state index is 0.122. The summed E-state index contributed by atoms with van der Waals surface area (Å²) in [5, 5.41) is 12.2. The first-order valence-corrected chi connectivity index (χ1v) is 14.8. The summed E-state index contributed by atoms with van der Waals surface area (Å²) in [7, 11) is 1.94.